The summed E-state index contributed by atoms with van der Waals surface area (Å²) in [4.78, 5) is 28.5. The van der Waals surface area contributed by atoms with Gasteiger partial charge in [0.15, 0.2) is 15.8 Å². The number of anilines is 1. The van der Waals surface area contributed by atoms with Crippen LogP contribution >= 0.6 is 23.1 Å². The van der Waals surface area contributed by atoms with Crippen molar-refractivity contribution in [1.82, 2.24) is 10.2 Å². The Balaban J connectivity index is 1.40. The standard InChI is InChI=1S/C35H28FN3O5S2/c1-3-18-44-27-17-14-23(19-28(27)43-4-2)30-29(31(40)22-12-15-25(36)16-13-22)32(41)33(42)39(30)34-37-38-35(46-34)45-20-24-10-7-9-21-8-5-6-11-26(21)24/h3,5-17,19,30,40H,1,4,18,20H2,2H3. The highest BCUT2D eigenvalue weighted by Gasteiger charge is 2.48. The van der Waals surface area contributed by atoms with E-state index in [1.165, 1.54) is 52.3 Å². The first-order chi connectivity index (χ1) is 22.4. The molecule has 1 fully saturated rings. The van der Waals surface area contributed by atoms with Gasteiger partial charge in [0.2, 0.25) is 5.13 Å². The molecule has 8 nitrogen and oxygen atoms in total. The summed E-state index contributed by atoms with van der Waals surface area (Å²) in [6, 6.07) is 23.2. The minimum atomic E-state index is -1.08. The van der Waals surface area contributed by atoms with Gasteiger partial charge in [-0.15, -0.1) is 10.2 Å². The summed E-state index contributed by atoms with van der Waals surface area (Å²) >= 11 is 2.64. The second-order valence-corrected chi connectivity index (χ2v) is 12.4. The fraction of sp³-hybridized carbons (Fsp3) is 0.143. The van der Waals surface area contributed by atoms with Crippen molar-refractivity contribution in [3.8, 4) is 11.5 Å². The number of thioether (sulfide) groups is 1. The second-order valence-electron chi connectivity index (χ2n) is 10.2. The first kappa shape index (κ1) is 31.0. The number of aliphatic hydroxyl groups excluding tert-OH is 1. The van der Waals surface area contributed by atoms with Gasteiger partial charge in [-0.05, 0) is 65.2 Å². The van der Waals surface area contributed by atoms with Crippen molar-refractivity contribution in [3.05, 3.63) is 126 Å². The van der Waals surface area contributed by atoms with Crippen LogP contribution in [0.4, 0.5) is 9.52 Å². The van der Waals surface area contributed by atoms with Gasteiger partial charge < -0.3 is 14.6 Å². The molecule has 1 aliphatic heterocycles. The van der Waals surface area contributed by atoms with Gasteiger partial charge >= 0.3 is 5.91 Å². The number of amides is 1. The molecule has 0 radical (unpaired) electrons. The molecule has 0 bridgehead atoms. The molecule has 1 saturated heterocycles. The summed E-state index contributed by atoms with van der Waals surface area (Å²) in [5, 5.41) is 22.5. The molecule has 0 spiro atoms. The highest BCUT2D eigenvalue weighted by molar-refractivity contribution is 8.00. The number of benzene rings is 4. The van der Waals surface area contributed by atoms with E-state index in [-0.39, 0.29) is 22.9 Å². The third kappa shape index (κ3) is 6.11. The summed E-state index contributed by atoms with van der Waals surface area (Å²) in [6.07, 6.45) is 1.60. The molecule has 0 aliphatic carbocycles. The average molecular weight is 654 g/mol. The number of carbonyl (C=O) groups excluding carboxylic acids is 2. The van der Waals surface area contributed by atoms with Crippen LogP contribution in [0.1, 0.15) is 29.7 Å². The Hall–Kier alpha value is -5.00. The molecule has 1 amide bonds. The van der Waals surface area contributed by atoms with Crippen molar-refractivity contribution in [2.75, 3.05) is 18.1 Å². The lowest BCUT2D eigenvalue weighted by Crippen LogP contribution is -2.29. The number of aliphatic hydroxyl groups is 1. The third-order valence-corrected chi connectivity index (χ3v) is 9.44. The lowest BCUT2D eigenvalue weighted by molar-refractivity contribution is -0.132. The lowest BCUT2D eigenvalue weighted by atomic mass is 9.95. The monoisotopic (exact) mass is 653 g/mol. The van der Waals surface area contributed by atoms with Crippen LogP contribution in [0.2, 0.25) is 0 Å². The van der Waals surface area contributed by atoms with Gasteiger partial charge in [0.05, 0.1) is 18.2 Å². The van der Waals surface area contributed by atoms with Crippen LogP contribution in [0.25, 0.3) is 16.5 Å². The van der Waals surface area contributed by atoms with Crippen LogP contribution in [0.3, 0.4) is 0 Å². The first-order valence-corrected chi connectivity index (χ1v) is 16.2. The molecule has 1 aliphatic rings. The maximum atomic E-state index is 13.7. The van der Waals surface area contributed by atoms with E-state index in [1.54, 1.807) is 24.3 Å². The predicted octanol–water partition coefficient (Wildman–Crippen LogP) is 7.71. The quantitative estimate of drug-likeness (QED) is 0.0386. The predicted molar refractivity (Wildman–Crippen MR) is 178 cm³/mol. The topological polar surface area (TPSA) is 102 Å². The molecular formula is C35H28FN3O5S2. The molecule has 1 unspecified atom stereocenters. The molecular weight excluding hydrogens is 626 g/mol. The number of ketones is 1. The van der Waals surface area contributed by atoms with Crippen LogP contribution < -0.4 is 14.4 Å². The van der Waals surface area contributed by atoms with Gasteiger partial charge in [0.1, 0.15) is 18.2 Å². The van der Waals surface area contributed by atoms with Crippen molar-refractivity contribution in [2.45, 2.75) is 23.1 Å². The van der Waals surface area contributed by atoms with Crippen LogP contribution in [0.5, 0.6) is 11.5 Å². The Bertz CT molecular complexity index is 1970. The number of fused-ring (bicyclic) bond motifs is 1. The maximum absolute atomic E-state index is 13.7. The number of ether oxygens (including phenoxy) is 2. The zero-order valence-corrected chi connectivity index (χ0v) is 26.3. The molecule has 11 heteroatoms. The number of rotatable bonds is 11. The van der Waals surface area contributed by atoms with Crippen molar-refractivity contribution >= 4 is 56.5 Å². The molecule has 0 saturated carbocycles. The lowest BCUT2D eigenvalue weighted by Gasteiger charge is -2.23. The number of hydrogen-bond acceptors (Lipinski definition) is 9. The highest BCUT2D eigenvalue weighted by Crippen LogP contribution is 2.46. The van der Waals surface area contributed by atoms with Crippen LogP contribution in [-0.4, -0.2) is 40.2 Å². The molecule has 6 rings (SSSR count). The van der Waals surface area contributed by atoms with Crippen molar-refractivity contribution in [3.63, 3.8) is 0 Å². The van der Waals surface area contributed by atoms with Crippen LogP contribution in [0, 0.1) is 5.82 Å². The smallest absolute Gasteiger partial charge is 0.301 e. The Morgan fingerprint density at radius 3 is 2.59 bits per heavy atom. The van der Waals surface area contributed by atoms with E-state index >= 15 is 0 Å². The molecule has 4 aromatic carbocycles. The van der Waals surface area contributed by atoms with Gasteiger partial charge in [-0.25, -0.2) is 4.39 Å². The first-order valence-electron chi connectivity index (χ1n) is 14.4. The van der Waals surface area contributed by atoms with Gasteiger partial charge in [-0.3, -0.25) is 14.5 Å². The van der Waals surface area contributed by atoms with Gasteiger partial charge in [0, 0.05) is 11.3 Å². The van der Waals surface area contributed by atoms with E-state index in [2.05, 4.69) is 41.0 Å². The molecule has 1 atom stereocenters. The molecule has 1 N–H and O–H groups in total. The number of Topliss-reactive ketones (excluding diaryl/α,β-unsaturated/α-hetero) is 1. The number of hydrogen-bond donors (Lipinski definition) is 1. The number of aromatic nitrogens is 2. The zero-order valence-electron chi connectivity index (χ0n) is 24.7. The number of halogens is 1. The van der Waals surface area contributed by atoms with E-state index in [9.17, 15) is 19.1 Å². The Labute approximate surface area is 272 Å². The van der Waals surface area contributed by atoms with Crippen molar-refractivity contribution in [1.29, 1.82) is 0 Å². The number of carbonyl (C=O) groups is 2. The summed E-state index contributed by atoms with van der Waals surface area (Å²) in [6.45, 7) is 6.08. The fourth-order valence-electron chi connectivity index (χ4n) is 5.26. The van der Waals surface area contributed by atoms with E-state index in [0.717, 1.165) is 16.3 Å². The Kier molecular flexibility index (Phi) is 9.13. The third-order valence-electron chi connectivity index (χ3n) is 7.34. The molecule has 1 aromatic heterocycles. The Morgan fingerprint density at radius 2 is 1.80 bits per heavy atom. The highest BCUT2D eigenvalue weighted by atomic mass is 32.2. The molecule has 232 valence electrons. The fourth-order valence-corrected chi connectivity index (χ4v) is 7.13. The minimum Gasteiger partial charge on any atom is -0.507 e. The molecule has 46 heavy (non-hydrogen) atoms. The summed E-state index contributed by atoms with van der Waals surface area (Å²) in [5.74, 6) is -1.27. The van der Waals surface area contributed by atoms with E-state index < -0.39 is 29.3 Å². The average Bonchev–Trinajstić information content (AvgIpc) is 3.64. The number of nitrogens with zero attached hydrogens (tertiary/aromatic N) is 3. The van der Waals surface area contributed by atoms with Gasteiger partial charge in [0.25, 0.3) is 5.78 Å². The second kappa shape index (κ2) is 13.6. The minimum absolute atomic E-state index is 0.168. The SMILES string of the molecule is C=CCOc1ccc(C2C(=C(O)c3ccc(F)cc3)C(=O)C(=O)N2c2nnc(SCc3cccc4ccccc34)s2)cc1OCC. The summed E-state index contributed by atoms with van der Waals surface area (Å²) in [7, 11) is 0. The van der Waals surface area contributed by atoms with Crippen LogP contribution in [-0.2, 0) is 15.3 Å². The van der Waals surface area contributed by atoms with Gasteiger partial charge in [-0.2, -0.15) is 0 Å². The maximum Gasteiger partial charge on any atom is 0.301 e. The normalized spacial score (nSPS) is 15.8. The Morgan fingerprint density at radius 1 is 1.02 bits per heavy atom. The van der Waals surface area contributed by atoms with E-state index in [0.29, 0.717) is 33.8 Å². The van der Waals surface area contributed by atoms with E-state index in [1.807, 2.05) is 25.1 Å². The molecule has 5 aromatic rings. The largest absolute Gasteiger partial charge is 0.507 e. The van der Waals surface area contributed by atoms with Crippen molar-refractivity contribution < 1.29 is 28.6 Å². The zero-order chi connectivity index (χ0) is 32.2. The molecule has 2 heterocycles. The van der Waals surface area contributed by atoms with Crippen LogP contribution in [0.15, 0.2) is 107 Å². The van der Waals surface area contributed by atoms with E-state index in [4.69, 9.17) is 9.47 Å². The summed E-state index contributed by atoms with van der Waals surface area (Å²) in [5.41, 5.74) is 1.61. The van der Waals surface area contributed by atoms with Gasteiger partial charge in [-0.1, -0.05) is 84.3 Å². The van der Waals surface area contributed by atoms with Crippen molar-refractivity contribution in [2.24, 2.45) is 0 Å². The summed E-state index contributed by atoms with van der Waals surface area (Å²) < 4.78 is 25.9.